The van der Waals surface area contributed by atoms with Crippen LogP contribution in [0.4, 0.5) is 5.69 Å². The first-order valence-electron chi connectivity index (χ1n) is 5.34. The van der Waals surface area contributed by atoms with Gasteiger partial charge in [-0.25, -0.2) is 4.98 Å². The molecule has 3 rings (SSSR count). The smallest absolute Gasteiger partial charge is 0.138 e. The van der Waals surface area contributed by atoms with Crippen molar-refractivity contribution in [1.29, 1.82) is 0 Å². The number of H-pyrrole nitrogens is 1. The molecule has 0 spiro atoms. The summed E-state index contributed by atoms with van der Waals surface area (Å²) < 4.78 is 0. The summed E-state index contributed by atoms with van der Waals surface area (Å²) in [5, 5.41) is 1.19. The summed E-state index contributed by atoms with van der Waals surface area (Å²) in [7, 11) is 0. The molecule has 0 bridgehead atoms. The normalized spacial score (nSPS) is 11.0. The second-order valence-corrected chi connectivity index (χ2v) is 4.83. The third-order valence-electron chi connectivity index (χ3n) is 2.72. The molecule has 0 aliphatic rings. The number of hydrogen-bond donors (Lipinski definition) is 2. The van der Waals surface area contributed by atoms with Gasteiger partial charge in [0.25, 0.3) is 0 Å². The van der Waals surface area contributed by atoms with E-state index in [1.54, 1.807) is 12.1 Å². The Labute approximate surface area is 114 Å². The molecule has 1 heterocycles. The number of hydrogen-bond acceptors (Lipinski definition) is 2. The van der Waals surface area contributed by atoms with Gasteiger partial charge in [-0.15, -0.1) is 0 Å². The number of imidazole rings is 1. The van der Waals surface area contributed by atoms with Crippen LogP contribution in [0.25, 0.3) is 22.4 Å². The minimum atomic E-state index is 0.519. The van der Waals surface area contributed by atoms with E-state index in [1.165, 1.54) is 0 Å². The number of nitrogens with zero attached hydrogens (tertiary/aromatic N) is 1. The topological polar surface area (TPSA) is 54.7 Å². The summed E-state index contributed by atoms with van der Waals surface area (Å²) in [5.41, 5.74) is 8.88. The standard InChI is InChI=1S/C13H9Cl2N3/c14-8-2-4-11-12(6-8)18-13(17-11)7-1-3-10(16)9(15)5-7/h1-6H,16H2,(H,17,18). The van der Waals surface area contributed by atoms with Gasteiger partial charge in [0, 0.05) is 10.6 Å². The summed E-state index contributed by atoms with van der Waals surface area (Å²) in [5.74, 6) is 0.745. The van der Waals surface area contributed by atoms with Crippen molar-refractivity contribution in [2.75, 3.05) is 5.73 Å². The Morgan fingerprint density at radius 2 is 1.89 bits per heavy atom. The Kier molecular flexibility index (Phi) is 2.65. The minimum Gasteiger partial charge on any atom is -0.398 e. The Hall–Kier alpha value is -1.71. The van der Waals surface area contributed by atoms with E-state index >= 15 is 0 Å². The maximum Gasteiger partial charge on any atom is 0.138 e. The van der Waals surface area contributed by atoms with Gasteiger partial charge in [-0.05, 0) is 36.4 Å². The molecule has 0 aliphatic heterocycles. The minimum absolute atomic E-state index is 0.519. The Morgan fingerprint density at radius 3 is 2.67 bits per heavy atom. The summed E-state index contributed by atoms with van der Waals surface area (Å²) >= 11 is 11.9. The molecule has 0 unspecified atom stereocenters. The lowest BCUT2D eigenvalue weighted by atomic mass is 10.2. The Morgan fingerprint density at radius 1 is 1.06 bits per heavy atom. The van der Waals surface area contributed by atoms with Crippen molar-refractivity contribution in [3.05, 3.63) is 46.4 Å². The van der Waals surface area contributed by atoms with Crippen LogP contribution in [0.2, 0.25) is 10.0 Å². The van der Waals surface area contributed by atoms with E-state index < -0.39 is 0 Å². The van der Waals surface area contributed by atoms with Gasteiger partial charge in [-0.1, -0.05) is 23.2 Å². The lowest BCUT2D eigenvalue weighted by Gasteiger charge is -2.00. The van der Waals surface area contributed by atoms with Crippen molar-refractivity contribution >= 4 is 39.9 Å². The lowest BCUT2D eigenvalue weighted by Crippen LogP contribution is -1.87. The van der Waals surface area contributed by atoms with Crippen LogP contribution in [0.5, 0.6) is 0 Å². The highest BCUT2D eigenvalue weighted by Crippen LogP contribution is 2.27. The van der Waals surface area contributed by atoms with E-state index in [0.29, 0.717) is 15.7 Å². The van der Waals surface area contributed by atoms with Gasteiger partial charge in [0.1, 0.15) is 5.82 Å². The predicted molar refractivity (Wildman–Crippen MR) is 76.0 cm³/mol. The van der Waals surface area contributed by atoms with Crippen molar-refractivity contribution in [3.63, 3.8) is 0 Å². The molecule has 0 saturated heterocycles. The molecule has 0 amide bonds. The first-order chi connectivity index (χ1) is 8.63. The lowest BCUT2D eigenvalue weighted by molar-refractivity contribution is 1.34. The van der Waals surface area contributed by atoms with Crippen molar-refractivity contribution in [2.24, 2.45) is 0 Å². The number of aromatic amines is 1. The maximum absolute atomic E-state index is 6.00. The van der Waals surface area contributed by atoms with E-state index in [1.807, 2.05) is 24.3 Å². The molecule has 2 aromatic carbocycles. The first-order valence-corrected chi connectivity index (χ1v) is 6.10. The number of halogens is 2. The summed E-state index contributed by atoms with van der Waals surface area (Å²) in [4.78, 5) is 7.69. The molecule has 18 heavy (non-hydrogen) atoms. The molecule has 3 nitrogen and oxygen atoms in total. The highest BCUT2D eigenvalue weighted by atomic mass is 35.5. The maximum atomic E-state index is 6.00. The highest BCUT2D eigenvalue weighted by molar-refractivity contribution is 6.33. The molecular weight excluding hydrogens is 269 g/mol. The monoisotopic (exact) mass is 277 g/mol. The van der Waals surface area contributed by atoms with Gasteiger partial charge in [-0.2, -0.15) is 0 Å². The van der Waals surface area contributed by atoms with Crippen LogP contribution < -0.4 is 5.73 Å². The van der Waals surface area contributed by atoms with E-state index in [-0.39, 0.29) is 0 Å². The zero-order chi connectivity index (χ0) is 12.7. The van der Waals surface area contributed by atoms with E-state index in [9.17, 15) is 0 Å². The Bertz CT molecular complexity index is 734. The zero-order valence-electron chi connectivity index (χ0n) is 9.24. The van der Waals surface area contributed by atoms with Crippen LogP contribution >= 0.6 is 23.2 Å². The van der Waals surface area contributed by atoms with Crippen LogP contribution in [0.3, 0.4) is 0 Å². The summed E-state index contributed by atoms with van der Waals surface area (Å²) in [6, 6.07) is 10.9. The number of rotatable bonds is 1. The fraction of sp³-hybridized carbons (Fsp3) is 0. The molecule has 1 aromatic heterocycles. The molecular formula is C13H9Cl2N3. The second kappa shape index (κ2) is 4.19. The van der Waals surface area contributed by atoms with E-state index in [2.05, 4.69) is 9.97 Å². The molecule has 5 heteroatoms. The SMILES string of the molecule is Nc1ccc(-c2nc3ccc(Cl)cc3[nH]2)cc1Cl. The number of anilines is 1. The van der Waals surface area contributed by atoms with Crippen molar-refractivity contribution in [2.45, 2.75) is 0 Å². The quantitative estimate of drug-likeness (QED) is 0.658. The van der Waals surface area contributed by atoms with Crippen LogP contribution in [0.1, 0.15) is 0 Å². The molecule has 3 N–H and O–H groups in total. The first kappa shape index (κ1) is 11.4. The van der Waals surface area contributed by atoms with Gasteiger partial charge in [-0.3, -0.25) is 0 Å². The molecule has 0 radical (unpaired) electrons. The van der Waals surface area contributed by atoms with Gasteiger partial charge < -0.3 is 10.7 Å². The molecule has 0 aliphatic carbocycles. The van der Waals surface area contributed by atoms with Crippen molar-refractivity contribution in [3.8, 4) is 11.4 Å². The third-order valence-corrected chi connectivity index (χ3v) is 3.28. The predicted octanol–water partition coefficient (Wildman–Crippen LogP) is 4.12. The molecule has 3 aromatic rings. The van der Waals surface area contributed by atoms with Gasteiger partial charge in [0.15, 0.2) is 0 Å². The molecule has 0 atom stereocenters. The third kappa shape index (κ3) is 1.92. The van der Waals surface area contributed by atoms with Crippen LogP contribution in [0.15, 0.2) is 36.4 Å². The number of benzene rings is 2. The second-order valence-electron chi connectivity index (χ2n) is 3.98. The van der Waals surface area contributed by atoms with Gasteiger partial charge in [0.2, 0.25) is 0 Å². The average molecular weight is 278 g/mol. The molecule has 0 saturated carbocycles. The van der Waals surface area contributed by atoms with Crippen molar-refractivity contribution in [1.82, 2.24) is 9.97 Å². The number of fused-ring (bicyclic) bond motifs is 1. The van der Waals surface area contributed by atoms with Gasteiger partial charge in [0.05, 0.1) is 21.7 Å². The van der Waals surface area contributed by atoms with Gasteiger partial charge >= 0.3 is 0 Å². The van der Waals surface area contributed by atoms with E-state index in [0.717, 1.165) is 22.4 Å². The van der Waals surface area contributed by atoms with Crippen molar-refractivity contribution < 1.29 is 0 Å². The summed E-state index contributed by atoms with van der Waals surface area (Å²) in [6.45, 7) is 0. The fourth-order valence-electron chi connectivity index (χ4n) is 1.79. The highest BCUT2D eigenvalue weighted by Gasteiger charge is 2.07. The molecule has 90 valence electrons. The van der Waals surface area contributed by atoms with E-state index in [4.69, 9.17) is 28.9 Å². The Balaban J connectivity index is 2.16. The zero-order valence-corrected chi connectivity index (χ0v) is 10.8. The van der Waals surface area contributed by atoms with Crippen LogP contribution in [-0.2, 0) is 0 Å². The van der Waals surface area contributed by atoms with Crippen LogP contribution in [-0.4, -0.2) is 9.97 Å². The van der Waals surface area contributed by atoms with Crippen LogP contribution in [0, 0.1) is 0 Å². The number of aromatic nitrogens is 2. The fourth-order valence-corrected chi connectivity index (χ4v) is 2.15. The molecule has 0 fully saturated rings. The number of nitrogen functional groups attached to an aromatic ring is 1. The largest absolute Gasteiger partial charge is 0.398 e. The summed E-state index contributed by atoms with van der Waals surface area (Å²) in [6.07, 6.45) is 0. The average Bonchev–Trinajstić information content (AvgIpc) is 2.75. The number of nitrogens with two attached hydrogens (primary N) is 1. The number of nitrogens with one attached hydrogen (secondary N) is 1.